The van der Waals surface area contributed by atoms with Crippen LogP contribution in [0.25, 0.3) is 11.1 Å². The third-order valence-corrected chi connectivity index (χ3v) is 3.46. The Morgan fingerprint density at radius 2 is 1.61 bits per heavy atom. The van der Waals surface area contributed by atoms with Crippen molar-refractivity contribution in [1.82, 2.24) is 0 Å². The largest absolute Gasteiger partial charge is 0.495 e. The van der Waals surface area contributed by atoms with Gasteiger partial charge in [-0.1, -0.05) is 12.1 Å². The summed E-state index contributed by atoms with van der Waals surface area (Å²) in [5.74, 6) is 1.49. The fourth-order valence-corrected chi connectivity index (χ4v) is 2.45. The van der Waals surface area contributed by atoms with Crippen LogP contribution in [0.15, 0.2) is 40.9 Å². The minimum Gasteiger partial charge on any atom is -0.495 e. The molecular weight excluding hydrogens is 294 g/mol. The SMILES string of the molecule is COc1ccc(-c2ccc(N)cc2)c(OC)c1Br. The third-order valence-electron chi connectivity index (χ3n) is 2.71. The third kappa shape index (κ3) is 2.29. The van der Waals surface area contributed by atoms with Gasteiger partial charge in [-0.15, -0.1) is 0 Å². The van der Waals surface area contributed by atoms with Gasteiger partial charge in [-0.05, 0) is 45.8 Å². The van der Waals surface area contributed by atoms with Gasteiger partial charge in [-0.25, -0.2) is 0 Å². The summed E-state index contributed by atoms with van der Waals surface area (Å²) in [6.45, 7) is 0. The van der Waals surface area contributed by atoms with E-state index in [1.54, 1.807) is 14.2 Å². The van der Waals surface area contributed by atoms with Crippen molar-refractivity contribution in [2.45, 2.75) is 0 Å². The Bertz CT molecular complexity index is 552. The van der Waals surface area contributed by atoms with Crippen LogP contribution in [0.2, 0.25) is 0 Å². The maximum atomic E-state index is 5.69. The number of ether oxygens (including phenoxy) is 2. The first kappa shape index (κ1) is 12.8. The molecule has 0 aliphatic heterocycles. The van der Waals surface area contributed by atoms with Gasteiger partial charge in [0.2, 0.25) is 0 Å². The van der Waals surface area contributed by atoms with Gasteiger partial charge >= 0.3 is 0 Å². The summed E-state index contributed by atoms with van der Waals surface area (Å²) in [6, 6.07) is 11.5. The van der Waals surface area contributed by atoms with Gasteiger partial charge in [-0.2, -0.15) is 0 Å². The first-order valence-electron chi connectivity index (χ1n) is 5.43. The van der Waals surface area contributed by atoms with Crippen molar-refractivity contribution in [2.24, 2.45) is 0 Å². The number of nitrogen functional groups attached to an aromatic ring is 1. The van der Waals surface area contributed by atoms with Gasteiger partial charge in [0, 0.05) is 11.3 Å². The van der Waals surface area contributed by atoms with Crippen molar-refractivity contribution in [3.8, 4) is 22.6 Å². The number of benzene rings is 2. The van der Waals surface area contributed by atoms with Crippen LogP contribution in [0.4, 0.5) is 5.69 Å². The molecule has 0 aliphatic carbocycles. The number of hydrogen-bond donors (Lipinski definition) is 1. The molecule has 0 unspecified atom stereocenters. The predicted octanol–water partition coefficient (Wildman–Crippen LogP) is 3.72. The minimum absolute atomic E-state index is 0.741. The zero-order valence-corrected chi connectivity index (χ0v) is 11.8. The van der Waals surface area contributed by atoms with E-state index in [0.717, 1.165) is 32.8 Å². The van der Waals surface area contributed by atoms with E-state index in [9.17, 15) is 0 Å². The standard InChI is InChI=1S/C14H14BrNO2/c1-17-12-8-7-11(14(18-2)13(12)15)9-3-5-10(16)6-4-9/h3-8H,16H2,1-2H3. The maximum absolute atomic E-state index is 5.69. The average molecular weight is 308 g/mol. The fourth-order valence-electron chi connectivity index (χ4n) is 1.79. The summed E-state index contributed by atoms with van der Waals surface area (Å²) < 4.78 is 11.5. The van der Waals surface area contributed by atoms with Crippen LogP contribution >= 0.6 is 15.9 Å². The second-order valence-corrected chi connectivity index (χ2v) is 4.58. The summed E-state index contributed by atoms with van der Waals surface area (Å²) in [7, 11) is 3.27. The van der Waals surface area contributed by atoms with E-state index in [-0.39, 0.29) is 0 Å². The molecule has 0 aromatic heterocycles. The Hall–Kier alpha value is -1.68. The lowest BCUT2D eigenvalue weighted by Gasteiger charge is -2.13. The van der Waals surface area contributed by atoms with Crippen LogP contribution in [-0.2, 0) is 0 Å². The summed E-state index contributed by atoms with van der Waals surface area (Å²) in [5, 5.41) is 0. The molecule has 18 heavy (non-hydrogen) atoms. The number of hydrogen-bond acceptors (Lipinski definition) is 3. The smallest absolute Gasteiger partial charge is 0.144 e. The topological polar surface area (TPSA) is 44.5 Å². The van der Waals surface area contributed by atoms with Gasteiger partial charge in [0.15, 0.2) is 0 Å². The average Bonchev–Trinajstić information content (AvgIpc) is 2.39. The number of methoxy groups -OCH3 is 2. The molecule has 2 aromatic carbocycles. The lowest BCUT2D eigenvalue weighted by molar-refractivity contribution is 0.390. The molecule has 0 spiro atoms. The molecule has 2 rings (SSSR count). The second kappa shape index (κ2) is 5.31. The molecule has 2 aromatic rings. The molecule has 0 bridgehead atoms. The molecular formula is C14H14BrNO2. The zero-order chi connectivity index (χ0) is 13.1. The van der Waals surface area contributed by atoms with E-state index in [0.29, 0.717) is 0 Å². The van der Waals surface area contributed by atoms with Crippen LogP contribution < -0.4 is 15.2 Å². The molecule has 0 amide bonds. The molecule has 0 radical (unpaired) electrons. The van der Waals surface area contributed by atoms with Gasteiger partial charge in [0.05, 0.1) is 14.2 Å². The monoisotopic (exact) mass is 307 g/mol. The molecule has 0 saturated carbocycles. The van der Waals surface area contributed by atoms with Crippen LogP contribution in [-0.4, -0.2) is 14.2 Å². The van der Waals surface area contributed by atoms with Crippen LogP contribution in [0.3, 0.4) is 0 Å². The first-order chi connectivity index (χ1) is 8.67. The highest BCUT2D eigenvalue weighted by atomic mass is 79.9. The van der Waals surface area contributed by atoms with E-state index in [4.69, 9.17) is 15.2 Å². The normalized spacial score (nSPS) is 10.2. The molecule has 0 aliphatic rings. The Morgan fingerprint density at radius 3 is 2.17 bits per heavy atom. The molecule has 4 heteroatoms. The van der Waals surface area contributed by atoms with E-state index in [1.165, 1.54) is 0 Å². The van der Waals surface area contributed by atoms with Crippen molar-refractivity contribution < 1.29 is 9.47 Å². The first-order valence-corrected chi connectivity index (χ1v) is 6.23. The quantitative estimate of drug-likeness (QED) is 0.879. The van der Waals surface area contributed by atoms with Crippen molar-refractivity contribution >= 4 is 21.6 Å². The Kier molecular flexibility index (Phi) is 3.77. The lowest BCUT2D eigenvalue weighted by Crippen LogP contribution is -1.93. The van der Waals surface area contributed by atoms with Crippen molar-refractivity contribution in [3.63, 3.8) is 0 Å². The number of halogens is 1. The van der Waals surface area contributed by atoms with Crippen molar-refractivity contribution in [3.05, 3.63) is 40.9 Å². The Labute approximate surface area is 115 Å². The summed E-state index contributed by atoms with van der Waals surface area (Å²) in [5.41, 5.74) is 8.47. The minimum atomic E-state index is 0.741. The Balaban J connectivity index is 2.57. The fraction of sp³-hybridized carbons (Fsp3) is 0.143. The van der Waals surface area contributed by atoms with Crippen LogP contribution in [0.5, 0.6) is 11.5 Å². The number of nitrogens with two attached hydrogens (primary N) is 1. The van der Waals surface area contributed by atoms with E-state index < -0.39 is 0 Å². The van der Waals surface area contributed by atoms with Crippen molar-refractivity contribution in [2.75, 3.05) is 20.0 Å². The van der Waals surface area contributed by atoms with Crippen LogP contribution in [0.1, 0.15) is 0 Å². The van der Waals surface area contributed by atoms with E-state index in [2.05, 4.69) is 15.9 Å². The summed E-state index contributed by atoms with van der Waals surface area (Å²) >= 11 is 3.49. The molecule has 0 saturated heterocycles. The predicted molar refractivity (Wildman–Crippen MR) is 77.1 cm³/mol. The summed E-state index contributed by atoms with van der Waals surface area (Å²) in [4.78, 5) is 0. The molecule has 3 nitrogen and oxygen atoms in total. The van der Waals surface area contributed by atoms with Crippen molar-refractivity contribution in [1.29, 1.82) is 0 Å². The highest BCUT2D eigenvalue weighted by molar-refractivity contribution is 9.10. The second-order valence-electron chi connectivity index (χ2n) is 3.78. The Morgan fingerprint density at radius 1 is 0.944 bits per heavy atom. The van der Waals surface area contributed by atoms with Gasteiger partial charge in [0.25, 0.3) is 0 Å². The zero-order valence-electron chi connectivity index (χ0n) is 10.2. The molecule has 0 heterocycles. The lowest BCUT2D eigenvalue weighted by atomic mass is 10.0. The van der Waals surface area contributed by atoms with Gasteiger partial charge in [-0.3, -0.25) is 0 Å². The molecule has 0 fully saturated rings. The van der Waals surface area contributed by atoms with E-state index >= 15 is 0 Å². The van der Waals surface area contributed by atoms with Gasteiger partial charge < -0.3 is 15.2 Å². The highest BCUT2D eigenvalue weighted by Crippen LogP contribution is 2.41. The molecule has 94 valence electrons. The molecule has 2 N–H and O–H groups in total. The summed E-state index contributed by atoms with van der Waals surface area (Å²) in [6.07, 6.45) is 0. The van der Waals surface area contributed by atoms with Crippen LogP contribution in [0, 0.1) is 0 Å². The number of anilines is 1. The maximum Gasteiger partial charge on any atom is 0.144 e. The number of rotatable bonds is 3. The highest BCUT2D eigenvalue weighted by Gasteiger charge is 2.13. The van der Waals surface area contributed by atoms with Gasteiger partial charge in [0.1, 0.15) is 16.0 Å². The molecule has 0 atom stereocenters. The van der Waals surface area contributed by atoms with E-state index in [1.807, 2.05) is 36.4 Å².